The average molecular weight is 380 g/mol. The molecular weight excluding hydrogens is 362 g/mol. The van der Waals surface area contributed by atoms with Crippen molar-refractivity contribution < 1.29 is 9.59 Å². The molecule has 0 spiro atoms. The van der Waals surface area contributed by atoms with Gasteiger partial charge in [0, 0.05) is 22.7 Å². The summed E-state index contributed by atoms with van der Waals surface area (Å²) in [7, 11) is 0. The maximum absolute atomic E-state index is 11.9. The van der Waals surface area contributed by atoms with Crippen molar-refractivity contribution in [2.24, 2.45) is 5.10 Å². The summed E-state index contributed by atoms with van der Waals surface area (Å²) < 4.78 is 0. The summed E-state index contributed by atoms with van der Waals surface area (Å²) in [5, 5.41) is 9.48. The molecule has 7 nitrogen and oxygen atoms in total. The minimum atomic E-state index is -0.314. The van der Waals surface area contributed by atoms with Crippen molar-refractivity contribution in [1.29, 1.82) is 0 Å². The van der Waals surface area contributed by atoms with Gasteiger partial charge in [-0.1, -0.05) is 23.7 Å². The minimum absolute atomic E-state index is 0.0905. The Bertz CT molecular complexity index is 773. The molecule has 1 aromatic carbocycles. The molecule has 1 heterocycles. The summed E-state index contributed by atoms with van der Waals surface area (Å²) in [5.41, 5.74) is 9.95. The van der Waals surface area contributed by atoms with Crippen molar-refractivity contribution in [1.82, 2.24) is 15.7 Å². The molecular formula is C16H18ClN5O2S. The maximum atomic E-state index is 11.9. The number of hydrogen-bond acceptors (Lipinski definition) is 6. The molecule has 0 atom stereocenters. The monoisotopic (exact) mass is 379 g/mol. The van der Waals surface area contributed by atoms with Gasteiger partial charge in [0.25, 0.3) is 0 Å². The van der Waals surface area contributed by atoms with Gasteiger partial charge in [-0.15, -0.1) is 11.3 Å². The van der Waals surface area contributed by atoms with Crippen molar-refractivity contribution in [3.8, 4) is 0 Å². The van der Waals surface area contributed by atoms with Gasteiger partial charge in [-0.05, 0) is 24.6 Å². The molecule has 9 heteroatoms. The molecule has 0 radical (unpaired) electrons. The number of benzene rings is 1. The number of halogens is 1. The Balaban J connectivity index is 1.73. The second-order valence-corrected chi connectivity index (χ2v) is 6.64. The van der Waals surface area contributed by atoms with Crippen LogP contribution in [0.3, 0.4) is 0 Å². The maximum Gasteiger partial charge on any atom is 0.246 e. The van der Waals surface area contributed by atoms with Gasteiger partial charge in [0.2, 0.25) is 11.8 Å². The predicted octanol–water partition coefficient (Wildman–Crippen LogP) is 2.12. The number of nitrogen functional groups attached to an aromatic ring is 1. The fourth-order valence-corrected chi connectivity index (χ4v) is 2.59. The normalized spacial score (nSPS) is 11.2. The molecule has 132 valence electrons. The van der Waals surface area contributed by atoms with Gasteiger partial charge in [0.05, 0.1) is 18.5 Å². The third-order valence-corrected chi connectivity index (χ3v) is 4.08. The lowest BCUT2D eigenvalue weighted by molar-refractivity contribution is -0.121. The molecule has 0 unspecified atom stereocenters. The lowest BCUT2D eigenvalue weighted by atomic mass is 10.2. The van der Waals surface area contributed by atoms with Crippen LogP contribution in [0.15, 0.2) is 34.7 Å². The summed E-state index contributed by atoms with van der Waals surface area (Å²) in [6, 6.07) is 7.21. The van der Waals surface area contributed by atoms with Gasteiger partial charge in [0.1, 0.15) is 0 Å². The first kappa shape index (κ1) is 18.9. The zero-order valence-corrected chi connectivity index (χ0v) is 15.2. The Hall–Kier alpha value is -2.45. The predicted molar refractivity (Wildman–Crippen MR) is 99.4 cm³/mol. The Labute approximate surface area is 154 Å². The van der Waals surface area contributed by atoms with E-state index in [-0.39, 0.29) is 24.7 Å². The van der Waals surface area contributed by atoms with Crippen LogP contribution in [0.1, 0.15) is 24.6 Å². The lowest BCUT2D eigenvalue weighted by Gasteiger charge is -2.06. The fraction of sp³-hybridized carbons (Fsp3) is 0.250. The third kappa shape index (κ3) is 6.90. The van der Waals surface area contributed by atoms with Gasteiger partial charge >= 0.3 is 0 Å². The van der Waals surface area contributed by atoms with Crippen molar-refractivity contribution in [2.75, 3.05) is 5.73 Å². The van der Waals surface area contributed by atoms with E-state index in [1.165, 1.54) is 11.3 Å². The molecule has 4 N–H and O–H groups in total. The van der Waals surface area contributed by atoms with Crippen LogP contribution in [0.4, 0.5) is 5.13 Å². The van der Waals surface area contributed by atoms with E-state index in [0.717, 1.165) is 5.56 Å². The largest absolute Gasteiger partial charge is 0.375 e. The Morgan fingerprint density at radius 3 is 2.64 bits per heavy atom. The summed E-state index contributed by atoms with van der Waals surface area (Å²) in [6.45, 7) is 2.07. The van der Waals surface area contributed by atoms with E-state index in [2.05, 4.69) is 20.8 Å². The number of amides is 2. The van der Waals surface area contributed by atoms with Crippen LogP contribution in [0.25, 0.3) is 0 Å². The highest BCUT2D eigenvalue weighted by Crippen LogP contribution is 2.11. The highest BCUT2D eigenvalue weighted by atomic mass is 35.5. The highest BCUT2D eigenvalue weighted by Gasteiger charge is 2.07. The van der Waals surface area contributed by atoms with Crippen molar-refractivity contribution in [3.05, 3.63) is 45.9 Å². The first-order valence-corrected chi connectivity index (χ1v) is 8.71. The Kier molecular flexibility index (Phi) is 6.91. The molecule has 0 saturated heterocycles. The number of rotatable bonds is 7. The fourth-order valence-electron chi connectivity index (χ4n) is 1.90. The van der Waals surface area contributed by atoms with Crippen molar-refractivity contribution >= 4 is 45.6 Å². The standard InChI is InChI=1S/C16H18ClN5O2S/c1-10(21-22-15(24)7-13-9-25-16(18)20-13)6-14(23)19-8-11-2-4-12(17)5-3-11/h2-5,9H,6-8H2,1H3,(H2,18,20)(H,19,23)(H,22,24)/b21-10-. The second-order valence-electron chi connectivity index (χ2n) is 5.32. The van der Waals surface area contributed by atoms with Gasteiger partial charge in [0.15, 0.2) is 5.13 Å². The molecule has 0 fully saturated rings. The zero-order chi connectivity index (χ0) is 18.2. The molecule has 0 aliphatic heterocycles. The van der Waals surface area contributed by atoms with E-state index >= 15 is 0 Å². The van der Waals surface area contributed by atoms with Crippen molar-refractivity contribution in [3.63, 3.8) is 0 Å². The minimum Gasteiger partial charge on any atom is -0.375 e. The van der Waals surface area contributed by atoms with Crippen LogP contribution in [0.5, 0.6) is 0 Å². The van der Waals surface area contributed by atoms with Crippen molar-refractivity contribution in [2.45, 2.75) is 26.3 Å². The molecule has 0 aliphatic rings. The number of nitrogens with zero attached hydrogens (tertiary/aromatic N) is 2. The van der Waals surface area contributed by atoms with Crippen LogP contribution in [0, 0.1) is 0 Å². The third-order valence-electron chi connectivity index (χ3n) is 3.10. The Morgan fingerprint density at radius 2 is 2.00 bits per heavy atom. The molecule has 2 amide bonds. The number of thiazole rings is 1. The van der Waals surface area contributed by atoms with Crippen LogP contribution in [0.2, 0.25) is 5.02 Å². The van der Waals surface area contributed by atoms with E-state index in [9.17, 15) is 9.59 Å². The van der Waals surface area contributed by atoms with Gasteiger partial charge in [-0.2, -0.15) is 5.10 Å². The molecule has 25 heavy (non-hydrogen) atoms. The summed E-state index contributed by atoms with van der Waals surface area (Å²) in [6.07, 6.45) is 0.185. The second kappa shape index (κ2) is 9.14. The van der Waals surface area contributed by atoms with Crippen LogP contribution < -0.4 is 16.5 Å². The first-order chi connectivity index (χ1) is 11.9. The Morgan fingerprint density at radius 1 is 1.28 bits per heavy atom. The number of anilines is 1. The number of carbonyl (C=O) groups excluding carboxylic acids is 2. The summed E-state index contributed by atoms with van der Waals surface area (Å²) >= 11 is 7.08. The molecule has 2 rings (SSSR count). The van der Waals surface area contributed by atoms with E-state index in [0.29, 0.717) is 28.1 Å². The number of aromatic nitrogens is 1. The summed E-state index contributed by atoms with van der Waals surface area (Å²) in [4.78, 5) is 27.6. The SMILES string of the molecule is C/C(CC(=O)NCc1ccc(Cl)cc1)=N/NC(=O)Cc1csc(N)n1. The quantitative estimate of drug-likeness (QED) is 0.505. The van der Waals surface area contributed by atoms with Gasteiger partial charge < -0.3 is 11.1 Å². The van der Waals surface area contributed by atoms with E-state index < -0.39 is 0 Å². The van der Waals surface area contributed by atoms with Crippen LogP contribution in [-0.4, -0.2) is 22.5 Å². The van der Waals surface area contributed by atoms with E-state index in [4.69, 9.17) is 17.3 Å². The molecule has 0 saturated carbocycles. The van der Waals surface area contributed by atoms with Gasteiger partial charge in [-0.25, -0.2) is 10.4 Å². The van der Waals surface area contributed by atoms with Gasteiger partial charge in [-0.3, -0.25) is 9.59 Å². The van der Waals surface area contributed by atoms with E-state index in [1.54, 1.807) is 24.4 Å². The lowest BCUT2D eigenvalue weighted by Crippen LogP contribution is -2.26. The number of nitrogens with one attached hydrogen (secondary N) is 2. The first-order valence-electron chi connectivity index (χ1n) is 7.45. The average Bonchev–Trinajstić information content (AvgIpc) is 2.97. The van der Waals surface area contributed by atoms with Crippen LogP contribution in [-0.2, 0) is 22.6 Å². The van der Waals surface area contributed by atoms with Crippen LogP contribution >= 0.6 is 22.9 Å². The zero-order valence-electron chi connectivity index (χ0n) is 13.6. The van der Waals surface area contributed by atoms with E-state index in [1.807, 2.05) is 12.1 Å². The number of nitrogens with two attached hydrogens (primary N) is 1. The number of hydrazone groups is 1. The molecule has 0 aliphatic carbocycles. The number of carbonyl (C=O) groups is 2. The molecule has 0 bridgehead atoms. The highest BCUT2D eigenvalue weighted by molar-refractivity contribution is 7.13. The molecule has 2 aromatic rings. The summed E-state index contributed by atoms with van der Waals surface area (Å²) in [5.74, 6) is -0.496. The molecule has 1 aromatic heterocycles. The number of hydrogen-bond donors (Lipinski definition) is 3. The topological polar surface area (TPSA) is 109 Å². The smallest absolute Gasteiger partial charge is 0.246 e.